The number of aromatic nitrogens is 3. The van der Waals surface area contributed by atoms with Crippen molar-refractivity contribution in [2.45, 2.75) is 19.6 Å². The zero-order valence-corrected chi connectivity index (χ0v) is 9.94. The predicted molar refractivity (Wildman–Crippen MR) is 63.1 cm³/mol. The first-order valence-corrected chi connectivity index (χ1v) is 6.16. The van der Waals surface area contributed by atoms with Crippen LogP contribution >= 0.6 is 11.5 Å². The molecule has 17 heavy (non-hydrogen) atoms. The highest BCUT2D eigenvalue weighted by atomic mass is 32.1. The van der Waals surface area contributed by atoms with Gasteiger partial charge in [0.25, 0.3) is 5.56 Å². The van der Waals surface area contributed by atoms with Gasteiger partial charge in [0.15, 0.2) is 0 Å². The van der Waals surface area contributed by atoms with Crippen LogP contribution in [0.5, 0.6) is 0 Å². The van der Waals surface area contributed by atoms with Crippen LogP contribution in [0.15, 0.2) is 23.4 Å². The number of hydrogen-bond acceptors (Lipinski definition) is 5. The monoisotopic (exact) mass is 249 g/mol. The number of nitrogens with zero attached hydrogens (tertiary/aromatic N) is 3. The second-order valence-electron chi connectivity index (χ2n) is 3.88. The average molecular weight is 249 g/mol. The smallest absolute Gasteiger partial charge is 0.259 e. The lowest BCUT2D eigenvalue weighted by Gasteiger charge is -2.15. The molecule has 0 N–H and O–H groups in total. The fourth-order valence-corrected chi connectivity index (χ4v) is 2.45. The molecule has 0 fully saturated rings. The van der Waals surface area contributed by atoms with Crippen molar-refractivity contribution < 1.29 is 4.74 Å². The zero-order chi connectivity index (χ0) is 11.7. The van der Waals surface area contributed by atoms with Gasteiger partial charge in [0.05, 0.1) is 37.3 Å². The molecule has 2 aromatic heterocycles. The third kappa shape index (κ3) is 2.01. The molecule has 3 rings (SSSR count). The van der Waals surface area contributed by atoms with E-state index < -0.39 is 0 Å². The number of ether oxygens (including phenoxy) is 1. The second kappa shape index (κ2) is 4.38. The van der Waals surface area contributed by atoms with E-state index in [2.05, 4.69) is 9.36 Å². The molecule has 0 spiro atoms. The highest BCUT2D eigenvalue weighted by molar-refractivity contribution is 7.05. The molecule has 0 atom stereocenters. The normalized spacial score (nSPS) is 14.6. The first-order chi connectivity index (χ1) is 8.34. The highest BCUT2D eigenvalue weighted by Crippen LogP contribution is 2.11. The van der Waals surface area contributed by atoms with Crippen LogP contribution in [-0.2, 0) is 24.3 Å². The minimum Gasteiger partial charge on any atom is -0.376 e. The van der Waals surface area contributed by atoms with E-state index in [0.29, 0.717) is 25.3 Å². The fraction of sp³-hybridized carbons (Fsp3) is 0.364. The molecule has 0 aromatic carbocycles. The summed E-state index contributed by atoms with van der Waals surface area (Å²) in [4.78, 5) is 17.5. The van der Waals surface area contributed by atoms with E-state index in [9.17, 15) is 4.79 Å². The van der Waals surface area contributed by atoms with E-state index >= 15 is 0 Å². The number of fused-ring (bicyclic) bond motifs is 1. The Labute approximate surface area is 102 Å². The fourth-order valence-electron chi connectivity index (χ4n) is 1.87. The predicted octanol–water partition coefficient (Wildman–Crippen LogP) is 0.821. The van der Waals surface area contributed by atoms with Gasteiger partial charge in [-0.25, -0.2) is 9.36 Å². The van der Waals surface area contributed by atoms with Gasteiger partial charge in [-0.3, -0.25) is 9.36 Å². The van der Waals surface area contributed by atoms with E-state index in [1.165, 1.54) is 11.5 Å². The van der Waals surface area contributed by atoms with Gasteiger partial charge in [0, 0.05) is 17.5 Å². The van der Waals surface area contributed by atoms with Crippen molar-refractivity contribution in [3.63, 3.8) is 0 Å². The summed E-state index contributed by atoms with van der Waals surface area (Å²) in [6, 6.07) is 1.91. The molecule has 6 heteroatoms. The summed E-state index contributed by atoms with van der Waals surface area (Å²) in [5.41, 5.74) is 1.58. The van der Waals surface area contributed by atoms with Crippen molar-refractivity contribution in [1.29, 1.82) is 0 Å². The Morgan fingerprint density at radius 1 is 1.53 bits per heavy atom. The molecular weight excluding hydrogens is 238 g/mol. The molecule has 0 radical (unpaired) electrons. The van der Waals surface area contributed by atoms with Gasteiger partial charge in [-0.2, -0.15) is 0 Å². The SMILES string of the molecule is O=c1c2c(ncn1Cc1ccns1)CCOC2. The van der Waals surface area contributed by atoms with E-state index in [4.69, 9.17) is 4.74 Å². The molecule has 0 amide bonds. The van der Waals surface area contributed by atoms with E-state index in [1.807, 2.05) is 6.07 Å². The maximum atomic E-state index is 12.2. The third-order valence-electron chi connectivity index (χ3n) is 2.77. The molecule has 1 aliphatic rings. The lowest BCUT2D eigenvalue weighted by atomic mass is 10.1. The van der Waals surface area contributed by atoms with E-state index in [0.717, 1.165) is 17.0 Å². The minimum atomic E-state index is 0.00287. The number of hydrogen-bond donors (Lipinski definition) is 0. The van der Waals surface area contributed by atoms with Gasteiger partial charge >= 0.3 is 0 Å². The molecular formula is C11H11N3O2S. The Kier molecular flexibility index (Phi) is 2.74. The Morgan fingerprint density at radius 2 is 2.47 bits per heavy atom. The molecule has 1 aliphatic heterocycles. The Balaban J connectivity index is 1.98. The minimum absolute atomic E-state index is 0.00287. The second-order valence-corrected chi connectivity index (χ2v) is 4.80. The third-order valence-corrected chi connectivity index (χ3v) is 3.49. The largest absolute Gasteiger partial charge is 0.376 e. The Hall–Kier alpha value is -1.53. The van der Waals surface area contributed by atoms with Crippen LogP contribution in [0, 0.1) is 0 Å². The van der Waals surface area contributed by atoms with Crippen molar-refractivity contribution in [2.24, 2.45) is 0 Å². The van der Waals surface area contributed by atoms with Gasteiger partial charge < -0.3 is 4.74 Å². The quantitative estimate of drug-likeness (QED) is 0.790. The summed E-state index contributed by atoms with van der Waals surface area (Å²) < 4.78 is 10.9. The van der Waals surface area contributed by atoms with Crippen LogP contribution in [0.1, 0.15) is 16.1 Å². The summed E-state index contributed by atoms with van der Waals surface area (Å²) >= 11 is 1.40. The summed E-state index contributed by atoms with van der Waals surface area (Å²) in [5, 5.41) is 0. The van der Waals surface area contributed by atoms with Crippen molar-refractivity contribution in [3.8, 4) is 0 Å². The standard InChI is InChI=1S/C11H11N3O2S/c15-11-9-6-16-4-2-10(9)12-7-14(11)5-8-1-3-13-17-8/h1,3,7H,2,4-6H2. The van der Waals surface area contributed by atoms with Gasteiger partial charge in [-0.15, -0.1) is 0 Å². The molecule has 0 saturated carbocycles. The van der Waals surface area contributed by atoms with Crippen LogP contribution in [0.3, 0.4) is 0 Å². The highest BCUT2D eigenvalue weighted by Gasteiger charge is 2.16. The molecule has 88 valence electrons. The molecule has 5 nitrogen and oxygen atoms in total. The van der Waals surface area contributed by atoms with Crippen LogP contribution in [0.25, 0.3) is 0 Å². The topological polar surface area (TPSA) is 57.0 Å². The van der Waals surface area contributed by atoms with Crippen molar-refractivity contribution in [3.05, 3.63) is 45.1 Å². The van der Waals surface area contributed by atoms with Gasteiger partial charge in [0.2, 0.25) is 0 Å². The molecule has 0 bridgehead atoms. The van der Waals surface area contributed by atoms with Crippen LogP contribution in [0.4, 0.5) is 0 Å². The summed E-state index contributed by atoms with van der Waals surface area (Å²) in [6.07, 6.45) is 4.08. The van der Waals surface area contributed by atoms with Gasteiger partial charge in [-0.1, -0.05) is 0 Å². The molecule has 0 aliphatic carbocycles. The van der Waals surface area contributed by atoms with Crippen molar-refractivity contribution >= 4 is 11.5 Å². The molecule has 2 aromatic rings. The van der Waals surface area contributed by atoms with E-state index in [1.54, 1.807) is 17.1 Å². The first-order valence-electron chi connectivity index (χ1n) is 5.39. The summed E-state index contributed by atoms with van der Waals surface area (Å²) in [5.74, 6) is 0. The molecule has 0 unspecified atom stereocenters. The van der Waals surface area contributed by atoms with Crippen LogP contribution in [-0.4, -0.2) is 20.5 Å². The van der Waals surface area contributed by atoms with Crippen LogP contribution in [0.2, 0.25) is 0 Å². The van der Waals surface area contributed by atoms with Crippen LogP contribution < -0.4 is 5.56 Å². The van der Waals surface area contributed by atoms with Gasteiger partial charge in [-0.05, 0) is 17.6 Å². The Bertz CT molecular complexity index is 577. The van der Waals surface area contributed by atoms with Crippen molar-refractivity contribution in [1.82, 2.24) is 13.9 Å². The maximum absolute atomic E-state index is 12.2. The summed E-state index contributed by atoms with van der Waals surface area (Å²) in [7, 11) is 0. The van der Waals surface area contributed by atoms with Crippen molar-refractivity contribution in [2.75, 3.05) is 6.61 Å². The Morgan fingerprint density at radius 3 is 3.29 bits per heavy atom. The average Bonchev–Trinajstić information content (AvgIpc) is 2.86. The van der Waals surface area contributed by atoms with E-state index in [-0.39, 0.29) is 5.56 Å². The first kappa shape index (κ1) is 10.6. The lowest BCUT2D eigenvalue weighted by Crippen LogP contribution is -2.29. The zero-order valence-electron chi connectivity index (χ0n) is 9.13. The summed E-state index contributed by atoms with van der Waals surface area (Å²) in [6.45, 7) is 1.56. The molecule has 0 saturated heterocycles. The maximum Gasteiger partial charge on any atom is 0.259 e. The lowest BCUT2D eigenvalue weighted by molar-refractivity contribution is 0.107. The van der Waals surface area contributed by atoms with Gasteiger partial charge in [0.1, 0.15) is 0 Å². The number of rotatable bonds is 2. The molecule has 3 heterocycles.